The van der Waals surface area contributed by atoms with Crippen LogP contribution in [0.3, 0.4) is 0 Å². The van der Waals surface area contributed by atoms with Crippen molar-refractivity contribution in [2.75, 3.05) is 27.6 Å². The van der Waals surface area contributed by atoms with Gasteiger partial charge in [-0.3, -0.25) is 0 Å². The Morgan fingerprint density at radius 3 is 2.60 bits per heavy atom. The monoisotopic (exact) mass is 293 g/mol. The van der Waals surface area contributed by atoms with E-state index in [0.29, 0.717) is 4.90 Å². The normalized spacial score (nSPS) is 47.2. The standard InChI is InChI=1S/C17H27NO2/c1-18(2)13-16(17(19)11-5-4-6-12-17)14-7-9-15(20-3)10-8-14/h7-10,16,19H,4-6,11-13H2,1-3H3/i3D3,4D2,5D2,6D2,11D2,12D2,13D2,16D. The van der Waals surface area contributed by atoms with Crippen LogP contribution in [0.25, 0.3) is 0 Å². The molecule has 2 rings (SSSR count). The van der Waals surface area contributed by atoms with Gasteiger partial charge in [-0.05, 0) is 44.5 Å². The van der Waals surface area contributed by atoms with Gasteiger partial charge in [0.25, 0.3) is 0 Å². The van der Waals surface area contributed by atoms with Gasteiger partial charge < -0.3 is 14.7 Å². The van der Waals surface area contributed by atoms with Gasteiger partial charge in [-0.1, -0.05) is 31.3 Å². The molecular formula is C17H27NO2. The first-order valence-corrected chi connectivity index (χ1v) is 5.82. The second-order valence-electron chi connectivity index (χ2n) is 4.34. The zero-order valence-electron chi connectivity index (χ0n) is 27.1. The van der Waals surface area contributed by atoms with Gasteiger partial charge >= 0.3 is 0 Å². The van der Waals surface area contributed by atoms with Crippen LogP contribution in [0.4, 0.5) is 0 Å². The number of likely N-dealkylation sites (N-methyl/N-ethyl adjacent to an activating group) is 1. The van der Waals surface area contributed by atoms with Gasteiger partial charge in [0, 0.05) is 30.2 Å². The summed E-state index contributed by atoms with van der Waals surface area (Å²) in [4.78, 5) is 0.672. The quantitative estimate of drug-likeness (QED) is 0.906. The van der Waals surface area contributed by atoms with Crippen molar-refractivity contribution in [2.45, 2.75) is 43.4 Å². The molecule has 1 N–H and O–H groups in total. The Morgan fingerprint density at radius 2 is 2.05 bits per heavy atom. The lowest BCUT2D eigenvalue weighted by atomic mass is 9.72. The van der Waals surface area contributed by atoms with Crippen molar-refractivity contribution in [2.24, 2.45) is 0 Å². The minimum absolute atomic E-state index is 0.310. The SMILES string of the molecule is [2H]C([2H])([2H])Oc1ccc(C([2H])(C([2H])([2H])N(C)C)C2(O)C([2H])([2H])C([2H])([2H])C([2H])([2H])C([2H])([2H])C2([2H])[2H])cc1. The maximum Gasteiger partial charge on any atom is 0.118 e. The van der Waals surface area contributed by atoms with Crippen molar-refractivity contribution in [1.82, 2.24) is 4.90 Å². The van der Waals surface area contributed by atoms with Crippen molar-refractivity contribution in [1.29, 1.82) is 0 Å². The number of aliphatic hydroxyl groups is 1. The number of rotatable bonds is 5. The van der Waals surface area contributed by atoms with Gasteiger partial charge in [-0.2, -0.15) is 0 Å². The molecule has 1 fully saturated rings. The van der Waals surface area contributed by atoms with E-state index in [1.54, 1.807) is 0 Å². The van der Waals surface area contributed by atoms with Gasteiger partial charge in [-0.25, -0.2) is 0 Å². The minimum atomic E-state index is -4.23. The highest BCUT2D eigenvalue weighted by molar-refractivity contribution is 5.31. The molecule has 1 atom stereocenters. The Bertz CT molecular complexity index is 957. The molecule has 112 valence electrons. The molecule has 0 spiro atoms. The smallest absolute Gasteiger partial charge is 0.118 e. The molecule has 3 heteroatoms. The molecule has 20 heavy (non-hydrogen) atoms. The third kappa shape index (κ3) is 3.53. The fourth-order valence-corrected chi connectivity index (χ4v) is 1.70. The lowest BCUT2D eigenvalue weighted by molar-refractivity contribution is -0.0277. The maximum atomic E-state index is 11.9. The summed E-state index contributed by atoms with van der Waals surface area (Å²) in [7, 11) is -0.767. The number of benzene rings is 1. The van der Waals surface area contributed by atoms with Gasteiger partial charge in [0.15, 0.2) is 0 Å². The van der Waals surface area contributed by atoms with E-state index < -0.39 is 62.5 Å². The first-order chi connectivity index (χ1) is 15.6. The van der Waals surface area contributed by atoms with Crippen molar-refractivity contribution < 1.29 is 31.8 Å². The minimum Gasteiger partial charge on any atom is -0.497 e. The topological polar surface area (TPSA) is 32.7 Å². The second-order valence-corrected chi connectivity index (χ2v) is 4.34. The third-order valence-electron chi connectivity index (χ3n) is 2.57. The maximum absolute atomic E-state index is 11.9. The van der Waals surface area contributed by atoms with E-state index >= 15 is 0 Å². The first kappa shape index (κ1) is 4.72. The first-order valence-electron chi connectivity index (χ1n) is 13.8. The molecule has 1 aromatic rings. The summed E-state index contributed by atoms with van der Waals surface area (Å²) in [6.45, 7) is -3.26. The largest absolute Gasteiger partial charge is 0.497 e. The molecular weight excluding hydrogens is 250 g/mol. The lowest BCUT2D eigenvalue weighted by Crippen LogP contribution is -2.42. The Balaban J connectivity index is 3.06. The van der Waals surface area contributed by atoms with Crippen LogP contribution in [0.5, 0.6) is 5.75 Å². The lowest BCUT2D eigenvalue weighted by Gasteiger charge is -2.40. The van der Waals surface area contributed by atoms with Crippen molar-refractivity contribution in [3.05, 3.63) is 29.8 Å². The van der Waals surface area contributed by atoms with E-state index in [0.717, 1.165) is 38.4 Å². The average molecular weight is 294 g/mol. The molecule has 3 nitrogen and oxygen atoms in total. The number of nitrogens with zero attached hydrogens (tertiary/aromatic N) is 1. The average Bonchev–Trinajstić information content (AvgIpc) is 2.70. The number of hydrogen-bond donors (Lipinski definition) is 1. The molecule has 1 aromatic carbocycles. The number of ether oxygens (including phenoxy) is 1. The Hall–Kier alpha value is -1.06. The molecule has 1 unspecified atom stereocenters. The summed E-state index contributed by atoms with van der Waals surface area (Å²) in [5.74, 6) is -3.90. The molecule has 0 heterocycles. The van der Waals surface area contributed by atoms with Gasteiger partial charge in [0.1, 0.15) is 5.75 Å². The Morgan fingerprint density at radius 1 is 1.40 bits per heavy atom. The van der Waals surface area contributed by atoms with Crippen LogP contribution in [-0.2, 0) is 0 Å². The van der Waals surface area contributed by atoms with Gasteiger partial charge in [0.05, 0.1) is 16.8 Å². The fraction of sp³-hybridized carbons (Fsp3) is 0.647. The molecule has 1 saturated carbocycles. The molecule has 0 saturated heterocycles. The van der Waals surface area contributed by atoms with Gasteiger partial charge in [-0.15, -0.1) is 0 Å². The Labute approximate surface area is 145 Å². The Kier molecular flexibility index (Phi) is 1.56. The van der Waals surface area contributed by atoms with Crippen LogP contribution in [0.15, 0.2) is 24.3 Å². The molecule has 0 amide bonds. The van der Waals surface area contributed by atoms with E-state index in [4.69, 9.17) is 25.3 Å². The van der Waals surface area contributed by atoms with Crippen LogP contribution in [0.1, 0.15) is 65.3 Å². The van der Waals surface area contributed by atoms with Crippen molar-refractivity contribution >= 4 is 0 Å². The molecule has 0 bridgehead atoms. The van der Waals surface area contributed by atoms with E-state index in [9.17, 15) is 6.48 Å². The second kappa shape index (κ2) is 6.59. The summed E-state index contributed by atoms with van der Waals surface area (Å²) in [5, 5.41) is 11.9. The third-order valence-corrected chi connectivity index (χ3v) is 2.57. The molecule has 0 aromatic heterocycles. The highest BCUT2D eigenvalue weighted by Crippen LogP contribution is 2.40. The highest BCUT2D eigenvalue weighted by atomic mass is 16.5. The zero-order chi connectivity index (χ0) is 28.8. The highest BCUT2D eigenvalue weighted by Gasteiger charge is 2.38. The van der Waals surface area contributed by atoms with Crippen LogP contribution in [0, 0.1) is 0 Å². The van der Waals surface area contributed by atoms with Gasteiger partial charge in [0.2, 0.25) is 0 Å². The predicted molar refractivity (Wildman–Crippen MR) is 82.3 cm³/mol. The number of hydrogen-bond acceptors (Lipinski definition) is 3. The van der Waals surface area contributed by atoms with E-state index in [1.165, 1.54) is 0 Å². The van der Waals surface area contributed by atoms with E-state index in [-0.39, 0.29) is 5.75 Å². The number of methoxy groups -OCH3 is 1. The molecule has 0 aliphatic heterocycles. The van der Waals surface area contributed by atoms with Crippen molar-refractivity contribution in [3.8, 4) is 5.75 Å². The summed E-state index contributed by atoms with van der Waals surface area (Å²) in [6, 6.07) is 3.54. The summed E-state index contributed by atoms with van der Waals surface area (Å²) in [5.41, 5.74) is -4.92. The zero-order valence-corrected chi connectivity index (χ0v) is 11.1. The van der Waals surface area contributed by atoms with E-state index in [1.807, 2.05) is 0 Å². The van der Waals surface area contributed by atoms with Crippen LogP contribution in [-0.4, -0.2) is 43.2 Å². The molecule has 0 radical (unpaired) electrons. The summed E-state index contributed by atoms with van der Waals surface area (Å²) < 4.78 is 135. The van der Waals surface area contributed by atoms with Crippen molar-refractivity contribution in [3.63, 3.8) is 0 Å². The van der Waals surface area contributed by atoms with Crippen LogP contribution < -0.4 is 4.74 Å². The summed E-state index contributed by atoms with van der Waals surface area (Å²) in [6.07, 6.45) is -20.1. The predicted octanol–water partition coefficient (Wildman–Crippen LogP) is 3.04. The molecule has 1 aliphatic rings. The van der Waals surface area contributed by atoms with E-state index in [2.05, 4.69) is 0 Å². The fourth-order valence-electron chi connectivity index (χ4n) is 1.70. The van der Waals surface area contributed by atoms with Crippen LogP contribution in [0.2, 0.25) is 0 Å². The summed E-state index contributed by atoms with van der Waals surface area (Å²) >= 11 is 0. The molecule has 1 aliphatic carbocycles. The van der Waals surface area contributed by atoms with Crippen LogP contribution >= 0.6 is 0 Å².